The summed E-state index contributed by atoms with van der Waals surface area (Å²) in [6, 6.07) is 12.8. The monoisotopic (exact) mass is 293 g/mol. The molecule has 1 N–H and O–H groups in total. The fraction of sp³-hybridized carbons (Fsp3) is 0.278. The fourth-order valence-corrected chi connectivity index (χ4v) is 3.35. The lowest BCUT2D eigenvalue weighted by molar-refractivity contribution is 0.275. The lowest BCUT2D eigenvalue weighted by Gasteiger charge is -2.30. The molecule has 112 valence electrons. The van der Waals surface area contributed by atoms with Crippen LogP contribution >= 0.6 is 0 Å². The molecule has 3 heterocycles. The number of imidazole rings is 1. The van der Waals surface area contributed by atoms with E-state index in [1.165, 1.54) is 11.1 Å². The molecule has 0 bridgehead atoms. The molecule has 0 fully saturated rings. The second-order valence-corrected chi connectivity index (χ2v) is 5.83. The number of aryl methyl sites for hydroxylation is 1. The van der Waals surface area contributed by atoms with Gasteiger partial charge in [-0.15, -0.1) is 0 Å². The van der Waals surface area contributed by atoms with Crippen molar-refractivity contribution in [3.63, 3.8) is 0 Å². The Labute approximate surface area is 129 Å². The maximum absolute atomic E-state index is 9.56. The predicted octanol–water partition coefficient (Wildman–Crippen LogP) is 2.70. The number of nitrogens with zero attached hydrogens (tertiary/aromatic N) is 3. The third kappa shape index (κ3) is 1.99. The molecule has 4 heteroatoms. The van der Waals surface area contributed by atoms with Crippen LogP contribution in [0.2, 0.25) is 0 Å². The summed E-state index contributed by atoms with van der Waals surface area (Å²) in [5, 5.41) is 9.56. The Balaban J connectivity index is 1.79. The van der Waals surface area contributed by atoms with Crippen LogP contribution < -0.4 is 4.90 Å². The van der Waals surface area contributed by atoms with Crippen molar-refractivity contribution in [1.29, 1.82) is 0 Å². The normalized spacial score (nSPS) is 14.4. The first-order valence-corrected chi connectivity index (χ1v) is 7.67. The Morgan fingerprint density at radius 3 is 2.77 bits per heavy atom. The average molecular weight is 293 g/mol. The van der Waals surface area contributed by atoms with E-state index in [-0.39, 0.29) is 6.61 Å². The molecule has 0 unspecified atom stereocenters. The molecule has 4 rings (SSSR count). The first kappa shape index (κ1) is 13.3. The van der Waals surface area contributed by atoms with Gasteiger partial charge in [0.2, 0.25) is 0 Å². The van der Waals surface area contributed by atoms with Crippen molar-refractivity contribution in [2.24, 2.45) is 0 Å². The Kier molecular flexibility index (Phi) is 3.12. The van der Waals surface area contributed by atoms with Crippen molar-refractivity contribution in [3.8, 4) is 0 Å². The predicted molar refractivity (Wildman–Crippen MR) is 87.0 cm³/mol. The van der Waals surface area contributed by atoms with Crippen LogP contribution in [0.1, 0.15) is 22.5 Å². The van der Waals surface area contributed by atoms with Crippen LogP contribution in [-0.2, 0) is 19.6 Å². The van der Waals surface area contributed by atoms with Crippen LogP contribution in [0.25, 0.3) is 5.65 Å². The molecule has 0 atom stereocenters. The van der Waals surface area contributed by atoms with Crippen molar-refractivity contribution in [2.75, 3.05) is 11.4 Å². The van der Waals surface area contributed by atoms with Gasteiger partial charge in [0.15, 0.2) is 5.65 Å². The number of aliphatic hydroxyl groups excluding tert-OH is 1. The summed E-state index contributed by atoms with van der Waals surface area (Å²) in [7, 11) is 0. The Morgan fingerprint density at radius 2 is 1.95 bits per heavy atom. The fourth-order valence-electron chi connectivity index (χ4n) is 3.35. The van der Waals surface area contributed by atoms with Gasteiger partial charge in [-0.1, -0.05) is 24.3 Å². The number of fused-ring (bicyclic) bond motifs is 2. The lowest BCUT2D eigenvalue weighted by Crippen LogP contribution is -2.30. The third-order valence-electron chi connectivity index (χ3n) is 4.55. The summed E-state index contributed by atoms with van der Waals surface area (Å²) in [4.78, 5) is 7.06. The van der Waals surface area contributed by atoms with Crippen molar-refractivity contribution in [2.45, 2.75) is 26.5 Å². The number of rotatable bonds is 2. The van der Waals surface area contributed by atoms with E-state index < -0.39 is 0 Å². The number of hydrogen-bond acceptors (Lipinski definition) is 3. The van der Waals surface area contributed by atoms with Gasteiger partial charge in [-0.3, -0.25) is 4.40 Å². The Morgan fingerprint density at radius 1 is 1.14 bits per heavy atom. The third-order valence-corrected chi connectivity index (χ3v) is 4.55. The van der Waals surface area contributed by atoms with Crippen molar-refractivity contribution in [1.82, 2.24) is 9.38 Å². The standard InChI is InChI=1S/C18H19N3O/c1-13-17(12-22)21-9-4-7-16(18(21)19-13)20-10-8-14-5-2-3-6-15(14)11-20/h2-7,9,22H,8,10-12H2,1H3. The minimum absolute atomic E-state index is 0.0132. The zero-order chi connectivity index (χ0) is 15.1. The molecule has 1 aliphatic rings. The molecule has 1 aliphatic heterocycles. The van der Waals surface area contributed by atoms with E-state index in [0.717, 1.165) is 42.2 Å². The van der Waals surface area contributed by atoms with Gasteiger partial charge in [0.25, 0.3) is 0 Å². The van der Waals surface area contributed by atoms with E-state index in [1.54, 1.807) is 0 Å². The van der Waals surface area contributed by atoms with E-state index in [1.807, 2.05) is 23.6 Å². The Bertz CT molecular complexity index is 837. The molecule has 22 heavy (non-hydrogen) atoms. The average Bonchev–Trinajstić information content (AvgIpc) is 2.89. The molecule has 3 aromatic rings. The zero-order valence-electron chi connectivity index (χ0n) is 12.7. The van der Waals surface area contributed by atoms with Gasteiger partial charge in [-0.05, 0) is 36.6 Å². The quantitative estimate of drug-likeness (QED) is 0.790. The number of benzene rings is 1. The highest BCUT2D eigenvalue weighted by atomic mass is 16.3. The van der Waals surface area contributed by atoms with E-state index in [0.29, 0.717) is 0 Å². The van der Waals surface area contributed by atoms with Gasteiger partial charge in [0.1, 0.15) is 0 Å². The highest BCUT2D eigenvalue weighted by molar-refractivity contribution is 5.70. The largest absolute Gasteiger partial charge is 0.390 e. The molecular weight excluding hydrogens is 274 g/mol. The summed E-state index contributed by atoms with van der Waals surface area (Å²) < 4.78 is 2.01. The van der Waals surface area contributed by atoms with Crippen LogP contribution in [0.5, 0.6) is 0 Å². The second-order valence-electron chi connectivity index (χ2n) is 5.83. The molecule has 0 spiro atoms. The van der Waals surface area contributed by atoms with Gasteiger partial charge in [0, 0.05) is 19.3 Å². The van der Waals surface area contributed by atoms with E-state index >= 15 is 0 Å². The minimum atomic E-state index is 0.0132. The van der Waals surface area contributed by atoms with Crippen molar-refractivity contribution < 1.29 is 5.11 Å². The summed E-state index contributed by atoms with van der Waals surface area (Å²) >= 11 is 0. The highest BCUT2D eigenvalue weighted by Crippen LogP contribution is 2.28. The number of aromatic nitrogens is 2. The van der Waals surface area contributed by atoms with Gasteiger partial charge in [0.05, 0.1) is 23.7 Å². The summed E-state index contributed by atoms with van der Waals surface area (Å²) in [5.74, 6) is 0. The van der Waals surface area contributed by atoms with Crippen LogP contribution in [0.4, 0.5) is 5.69 Å². The summed E-state index contributed by atoms with van der Waals surface area (Å²) in [6.07, 6.45) is 3.03. The second kappa shape index (κ2) is 5.14. The molecular formula is C18H19N3O. The van der Waals surface area contributed by atoms with Crippen LogP contribution in [0.15, 0.2) is 42.6 Å². The van der Waals surface area contributed by atoms with Crippen molar-refractivity contribution >= 4 is 11.3 Å². The van der Waals surface area contributed by atoms with Crippen LogP contribution in [-0.4, -0.2) is 21.0 Å². The molecule has 0 amide bonds. The number of aliphatic hydroxyl groups is 1. The minimum Gasteiger partial charge on any atom is -0.390 e. The topological polar surface area (TPSA) is 40.8 Å². The molecule has 0 aliphatic carbocycles. The molecule has 4 nitrogen and oxygen atoms in total. The van der Waals surface area contributed by atoms with E-state index in [4.69, 9.17) is 0 Å². The number of pyridine rings is 1. The van der Waals surface area contributed by atoms with Gasteiger partial charge < -0.3 is 10.0 Å². The smallest absolute Gasteiger partial charge is 0.161 e. The number of anilines is 1. The first-order valence-electron chi connectivity index (χ1n) is 7.67. The maximum Gasteiger partial charge on any atom is 0.161 e. The maximum atomic E-state index is 9.56. The number of hydrogen-bond donors (Lipinski definition) is 1. The first-order chi connectivity index (χ1) is 10.8. The molecule has 0 saturated heterocycles. The SMILES string of the molecule is Cc1nc2c(N3CCc4ccccc4C3)cccn2c1CO. The van der Waals surface area contributed by atoms with Gasteiger partial charge >= 0.3 is 0 Å². The van der Waals surface area contributed by atoms with E-state index in [2.05, 4.69) is 40.2 Å². The van der Waals surface area contributed by atoms with E-state index in [9.17, 15) is 5.11 Å². The lowest BCUT2D eigenvalue weighted by atomic mass is 9.99. The summed E-state index contributed by atoms with van der Waals surface area (Å²) in [5.41, 5.74) is 6.67. The van der Waals surface area contributed by atoms with Gasteiger partial charge in [-0.2, -0.15) is 0 Å². The Hall–Kier alpha value is -2.33. The van der Waals surface area contributed by atoms with Crippen LogP contribution in [0.3, 0.4) is 0 Å². The van der Waals surface area contributed by atoms with Crippen molar-refractivity contribution in [3.05, 3.63) is 65.1 Å². The molecule has 0 saturated carbocycles. The van der Waals surface area contributed by atoms with Gasteiger partial charge in [-0.25, -0.2) is 4.98 Å². The molecule has 2 aromatic heterocycles. The molecule has 0 radical (unpaired) electrons. The van der Waals surface area contributed by atoms with Crippen LogP contribution in [0, 0.1) is 6.92 Å². The highest BCUT2D eigenvalue weighted by Gasteiger charge is 2.20. The summed E-state index contributed by atoms with van der Waals surface area (Å²) in [6.45, 7) is 3.88. The molecule has 1 aromatic carbocycles. The zero-order valence-corrected chi connectivity index (χ0v) is 12.7.